The van der Waals surface area contributed by atoms with Crippen molar-refractivity contribution in [1.29, 1.82) is 0 Å². The number of amides is 1. The Balaban J connectivity index is 4.53. The van der Waals surface area contributed by atoms with Gasteiger partial charge in [-0.05, 0) is 0 Å². The Kier molecular flexibility index (Phi) is 3.93. The van der Waals surface area contributed by atoms with Crippen LogP contribution >= 0.6 is 0 Å². The second-order valence-corrected chi connectivity index (χ2v) is 3.15. The van der Waals surface area contributed by atoms with Crippen LogP contribution in [-0.2, 0) is 4.79 Å². The Bertz CT molecular complexity index is 228. The van der Waals surface area contributed by atoms with Gasteiger partial charge in [0, 0.05) is 0 Å². The summed E-state index contributed by atoms with van der Waals surface area (Å²) in [6.07, 6.45) is -4.48. The van der Waals surface area contributed by atoms with Crippen LogP contribution in [0.1, 0.15) is 6.92 Å². The van der Waals surface area contributed by atoms with Crippen molar-refractivity contribution in [2.45, 2.75) is 13.2 Å². The molecule has 0 N–H and O–H groups in total. The topological polar surface area (TPSA) is 23.6 Å². The first-order chi connectivity index (χ1) is 5.68. The maximum atomic E-state index is 12.1. The molecule has 0 bridgehead atoms. The SMILES string of the molecule is CC(=O)N(C)C(=[Se])N(C)C(F)(F)F. The summed E-state index contributed by atoms with van der Waals surface area (Å²) in [5.41, 5.74) is 0. The van der Waals surface area contributed by atoms with Gasteiger partial charge in [0.05, 0.1) is 0 Å². The number of nitrogens with zero attached hydrogens (tertiary/aromatic N) is 2. The molecule has 0 aliphatic rings. The maximum absolute atomic E-state index is 12.1. The van der Waals surface area contributed by atoms with Gasteiger partial charge in [0.15, 0.2) is 0 Å². The fourth-order valence-electron chi connectivity index (χ4n) is 0.468. The van der Waals surface area contributed by atoms with Gasteiger partial charge in [-0.2, -0.15) is 0 Å². The van der Waals surface area contributed by atoms with E-state index in [4.69, 9.17) is 0 Å². The normalized spacial score (nSPS) is 10.9. The monoisotopic (exact) mass is 262 g/mol. The summed E-state index contributed by atoms with van der Waals surface area (Å²) in [7, 11) is 2.10. The van der Waals surface area contributed by atoms with Crippen molar-refractivity contribution in [2.75, 3.05) is 14.1 Å². The van der Waals surface area contributed by atoms with E-state index in [0.717, 1.165) is 11.9 Å². The summed E-state index contributed by atoms with van der Waals surface area (Å²) in [5, 5.41) is 0. The van der Waals surface area contributed by atoms with Gasteiger partial charge in [-0.15, -0.1) is 0 Å². The van der Waals surface area contributed by atoms with Crippen LogP contribution in [0.25, 0.3) is 0 Å². The molecule has 76 valence electrons. The van der Waals surface area contributed by atoms with Crippen LogP contribution in [0.3, 0.4) is 0 Å². The zero-order valence-corrected chi connectivity index (χ0v) is 9.06. The molecular weight excluding hydrogens is 252 g/mol. The van der Waals surface area contributed by atoms with Gasteiger partial charge in [0.1, 0.15) is 0 Å². The van der Waals surface area contributed by atoms with Crippen LogP contribution < -0.4 is 0 Å². The summed E-state index contributed by atoms with van der Waals surface area (Å²) in [6.45, 7) is 1.18. The molecule has 7 heteroatoms. The number of hydrogen-bond acceptors (Lipinski definition) is 2. The Morgan fingerprint density at radius 2 is 1.69 bits per heavy atom. The van der Waals surface area contributed by atoms with Gasteiger partial charge in [-0.25, -0.2) is 0 Å². The first-order valence-electron chi connectivity index (χ1n) is 3.26. The summed E-state index contributed by atoms with van der Waals surface area (Å²) in [4.78, 5) is 11.6. The van der Waals surface area contributed by atoms with Crippen molar-refractivity contribution < 1.29 is 18.0 Å². The number of carbonyl (C=O) groups is 1. The molecule has 0 saturated carbocycles. The quantitative estimate of drug-likeness (QED) is 0.522. The predicted molar refractivity (Wildman–Crippen MR) is 43.0 cm³/mol. The van der Waals surface area contributed by atoms with Crippen LogP contribution in [0.2, 0.25) is 0 Å². The molecule has 13 heavy (non-hydrogen) atoms. The molecule has 0 fully saturated rings. The molecule has 0 aliphatic heterocycles. The van der Waals surface area contributed by atoms with Crippen molar-refractivity contribution in [3.63, 3.8) is 0 Å². The van der Waals surface area contributed by atoms with E-state index < -0.39 is 12.2 Å². The molecule has 0 rings (SSSR count). The second-order valence-electron chi connectivity index (χ2n) is 2.39. The van der Waals surface area contributed by atoms with Gasteiger partial charge < -0.3 is 0 Å². The Morgan fingerprint density at radius 1 is 1.31 bits per heavy atom. The van der Waals surface area contributed by atoms with Gasteiger partial charge in [0.25, 0.3) is 0 Å². The van der Waals surface area contributed by atoms with E-state index in [1.807, 2.05) is 0 Å². The molecule has 0 heterocycles. The van der Waals surface area contributed by atoms with Crippen LogP contribution in [0.4, 0.5) is 13.2 Å². The first-order valence-corrected chi connectivity index (χ1v) is 4.12. The van der Waals surface area contributed by atoms with Crippen LogP contribution in [0.15, 0.2) is 0 Å². The van der Waals surface area contributed by atoms with Gasteiger partial charge in [-0.1, -0.05) is 0 Å². The predicted octanol–water partition coefficient (Wildman–Crippen LogP) is 0.172. The average Bonchev–Trinajstić information content (AvgIpc) is 1.98. The van der Waals surface area contributed by atoms with Crippen molar-refractivity contribution in [3.8, 4) is 0 Å². The Labute approximate surface area is 81.8 Å². The van der Waals surface area contributed by atoms with Gasteiger partial charge >= 0.3 is 81.2 Å². The molecule has 0 unspecified atom stereocenters. The van der Waals surface area contributed by atoms with Crippen LogP contribution in [-0.4, -0.2) is 56.3 Å². The third-order valence-corrected chi connectivity index (χ3v) is 2.58. The van der Waals surface area contributed by atoms with E-state index in [1.165, 1.54) is 14.0 Å². The fourth-order valence-corrected chi connectivity index (χ4v) is 0.955. The molecule has 0 aromatic carbocycles. The minimum absolute atomic E-state index is 0.0361. The number of hydrogen-bond donors (Lipinski definition) is 0. The third-order valence-electron chi connectivity index (χ3n) is 1.43. The average molecular weight is 261 g/mol. The molecule has 0 atom stereocenters. The standard InChI is InChI=1S/C6H9F3N2OSe/c1-4(12)10(2)5(13)11(3)6(7,8)9/h1-3H3. The first kappa shape index (κ1) is 12.4. The third kappa shape index (κ3) is 3.36. The fraction of sp³-hybridized carbons (Fsp3) is 0.667. The molecule has 0 aromatic rings. The van der Waals surface area contributed by atoms with E-state index in [2.05, 4.69) is 15.6 Å². The van der Waals surface area contributed by atoms with E-state index in [-0.39, 0.29) is 9.57 Å². The molecule has 0 radical (unpaired) electrons. The molecule has 0 saturated heterocycles. The summed E-state index contributed by atoms with van der Waals surface area (Å²) < 4.78 is 35.9. The summed E-state index contributed by atoms with van der Waals surface area (Å²) >= 11 is 2.19. The zero-order chi connectivity index (χ0) is 10.8. The van der Waals surface area contributed by atoms with Crippen LogP contribution in [0.5, 0.6) is 0 Å². The number of alkyl halides is 3. The number of halogens is 3. The number of rotatable bonds is 2. The van der Waals surface area contributed by atoms with Gasteiger partial charge in [-0.3, -0.25) is 0 Å². The van der Waals surface area contributed by atoms with Gasteiger partial charge in [0.2, 0.25) is 0 Å². The molecule has 1 amide bonds. The van der Waals surface area contributed by atoms with E-state index in [1.54, 1.807) is 0 Å². The number of carbonyl (C=O) groups excluding carboxylic acids is 1. The molecule has 0 aliphatic carbocycles. The zero-order valence-electron chi connectivity index (χ0n) is 7.34. The van der Waals surface area contributed by atoms with E-state index in [0.29, 0.717) is 0 Å². The molecule has 3 nitrogen and oxygen atoms in total. The summed E-state index contributed by atoms with van der Waals surface area (Å²) in [5.74, 6) is -0.468. The van der Waals surface area contributed by atoms with Crippen molar-refractivity contribution >= 4 is 26.1 Å². The van der Waals surface area contributed by atoms with Crippen molar-refractivity contribution in [1.82, 2.24) is 9.80 Å². The summed E-state index contributed by atoms with van der Waals surface area (Å²) in [6, 6.07) is 0. The minimum atomic E-state index is -4.48. The van der Waals surface area contributed by atoms with Crippen molar-refractivity contribution in [2.24, 2.45) is 0 Å². The van der Waals surface area contributed by atoms with E-state index >= 15 is 0 Å². The molecular formula is C6H9F3N2OSe. The van der Waals surface area contributed by atoms with Crippen molar-refractivity contribution in [3.05, 3.63) is 0 Å². The van der Waals surface area contributed by atoms with Crippen LogP contribution in [0, 0.1) is 0 Å². The Hall–Kier alpha value is -0.551. The Morgan fingerprint density at radius 3 is 1.92 bits per heavy atom. The second kappa shape index (κ2) is 4.11. The molecule has 0 spiro atoms. The van der Waals surface area contributed by atoms with E-state index in [9.17, 15) is 18.0 Å². The molecule has 0 aromatic heterocycles.